The smallest absolute Gasteiger partial charge is 0.172 e. The molecule has 2 aromatic rings. The highest BCUT2D eigenvalue weighted by molar-refractivity contribution is 6.31. The van der Waals surface area contributed by atoms with Crippen molar-refractivity contribution in [3.63, 3.8) is 0 Å². The Morgan fingerprint density at radius 2 is 1.82 bits per heavy atom. The van der Waals surface area contributed by atoms with Crippen molar-refractivity contribution in [3.8, 4) is 0 Å². The number of rotatable bonds is 2. The van der Waals surface area contributed by atoms with Gasteiger partial charge >= 0.3 is 0 Å². The minimum atomic E-state index is 0.412. The zero-order chi connectivity index (χ0) is 12.4. The van der Waals surface area contributed by atoms with Crippen LogP contribution >= 0.6 is 11.6 Å². The average molecular weight is 248 g/mol. The lowest BCUT2D eigenvalue weighted by molar-refractivity contribution is 1.08. The molecule has 17 heavy (non-hydrogen) atoms. The van der Waals surface area contributed by atoms with Crippen LogP contribution < -0.4 is 4.90 Å². The number of aromatic nitrogens is 2. The molecule has 1 heterocycles. The van der Waals surface area contributed by atoms with Crippen LogP contribution in [0, 0.1) is 13.8 Å². The monoisotopic (exact) mass is 247 g/mol. The van der Waals surface area contributed by atoms with Gasteiger partial charge in [0.1, 0.15) is 0 Å². The third-order valence-corrected chi connectivity index (χ3v) is 2.93. The van der Waals surface area contributed by atoms with Gasteiger partial charge in [0, 0.05) is 25.1 Å². The van der Waals surface area contributed by atoms with E-state index in [-0.39, 0.29) is 0 Å². The zero-order valence-corrected chi connectivity index (χ0v) is 10.9. The zero-order valence-electron chi connectivity index (χ0n) is 10.1. The van der Waals surface area contributed by atoms with Gasteiger partial charge in [-0.05, 0) is 25.5 Å². The van der Waals surface area contributed by atoms with Crippen molar-refractivity contribution in [2.45, 2.75) is 13.8 Å². The molecule has 88 valence electrons. The lowest BCUT2D eigenvalue weighted by Crippen LogP contribution is -2.13. The van der Waals surface area contributed by atoms with Crippen molar-refractivity contribution in [1.82, 2.24) is 9.97 Å². The fourth-order valence-corrected chi connectivity index (χ4v) is 2.07. The molecule has 0 aliphatic heterocycles. The Hall–Kier alpha value is -1.61. The molecule has 0 amide bonds. The number of aryl methyl sites for hydroxylation is 2. The second kappa shape index (κ2) is 4.72. The first kappa shape index (κ1) is 11.9. The number of halogens is 1. The molecule has 0 radical (unpaired) electrons. The van der Waals surface area contributed by atoms with Gasteiger partial charge in [0.15, 0.2) is 11.0 Å². The Balaban J connectivity index is 2.44. The first-order valence-electron chi connectivity index (χ1n) is 5.37. The largest absolute Gasteiger partial charge is 0.327 e. The maximum Gasteiger partial charge on any atom is 0.172 e. The van der Waals surface area contributed by atoms with Crippen LogP contribution in [0.3, 0.4) is 0 Å². The van der Waals surface area contributed by atoms with Gasteiger partial charge in [0.2, 0.25) is 0 Å². The molecule has 0 fully saturated rings. The molecule has 0 aliphatic rings. The molecule has 0 saturated carbocycles. The predicted octanol–water partition coefficient (Wildman–Crippen LogP) is 3.51. The van der Waals surface area contributed by atoms with E-state index in [9.17, 15) is 0 Å². The van der Waals surface area contributed by atoms with Gasteiger partial charge < -0.3 is 4.90 Å². The summed E-state index contributed by atoms with van der Waals surface area (Å²) in [7, 11) is 1.94. The molecule has 0 atom stereocenters. The number of hydrogen-bond acceptors (Lipinski definition) is 3. The summed E-state index contributed by atoms with van der Waals surface area (Å²) in [5, 5.41) is 0.412. The quantitative estimate of drug-likeness (QED) is 0.813. The van der Waals surface area contributed by atoms with Crippen LogP contribution in [-0.2, 0) is 0 Å². The van der Waals surface area contributed by atoms with E-state index in [2.05, 4.69) is 42.0 Å². The first-order valence-corrected chi connectivity index (χ1v) is 5.75. The standard InChI is InChI=1S/C13H14ClN3/c1-9-4-5-11(10(2)8-9)17(3)13-12(14)15-6-7-16-13/h4-8H,1-3H3. The van der Waals surface area contributed by atoms with Crippen LogP contribution in [0.15, 0.2) is 30.6 Å². The minimum Gasteiger partial charge on any atom is -0.327 e. The Morgan fingerprint density at radius 1 is 1.12 bits per heavy atom. The van der Waals surface area contributed by atoms with Gasteiger partial charge in [-0.1, -0.05) is 29.3 Å². The molecule has 0 unspecified atom stereocenters. The van der Waals surface area contributed by atoms with Crippen LogP contribution in [0.25, 0.3) is 0 Å². The number of nitrogens with zero attached hydrogens (tertiary/aromatic N) is 3. The van der Waals surface area contributed by atoms with Gasteiger partial charge in [0.25, 0.3) is 0 Å². The predicted molar refractivity (Wildman–Crippen MR) is 71.0 cm³/mol. The number of anilines is 2. The van der Waals surface area contributed by atoms with E-state index in [4.69, 9.17) is 11.6 Å². The van der Waals surface area contributed by atoms with E-state index >= 15 is 0 Å². The maximum absolute atomic E-state index is 6.04. The molecular weight excluding hydrogens is 234 g/mol. The summed E-state index contributed by atoms with van der Waals surface area (Å²) in [5.74, 6) is 0.668. The Morgan fingerprint density at radius 3 is 2.47 bits per heavy atom. The van der Waals surface area contributed by atoms with Crippen molar-refractivity contribution >= 4 is 23.1 Å². The minimum absolute atomic E-state index is 0.412. The molecule has 0 N–H and O–H groups in total. The van der Waals surface area contributed by atoms with Crippen molar-refractivity contribution < 1.29 is 0 Å². The second-order valence-electron chi connectivity index (χ2n) is 4.02. The third-order valence-electron chi connectivity index (χ3n) is 2.67. The van der Waals surface area contributed by atoms with E-state index < -0.39 is 0 Å². The summed E-state index contributed by atoms with van der Waals surface area (Å²) in [6, 6.07) is 6.27. The van der Waals surface area contributed by atoms with Crippen LogP contribution in [0.5, 0.6) is 0 Å². The van der Waals surface area contributed by atoms with Crippen LogP contribution in [0.2, 0.25) is 5.15 Å². The van der Waals surface area contributed by atoms with E-state index in [1.807, 2.05) is 11.9 Å². The summed E-state index contributed by atoms with van der Waals surface area (Å²) in [6.07, 6.45) is 3.23. The lowest BCUT2D eigenvalue weighted by atomic mass is 10.1. The van der Waals surface area contributed by atoms with Crippen LogP contribution in [-0.4, -0.2) is 17.0 Å². The summed E-state index contributed by atoms with van der Waals surface area (Å²) in [4.78, 5) is 10.2. The Kier molecular flexibility index (Phi) is 3.29. The van der Waals surface area contributed by atoms with Crippen LogP contribution in [0.4, 0.5) is 11.5 Å². The second-order valence-corrected chi connectivity index (χ2v) is 4.38. The van der Waals surface area contributed by atoms with E-state index in [0.717, 1.165) is 5.69 Å². The number of hydrogen-bond donors (Lipinski definition) is 0. The normalized spacial score (nSPS) is 10.4. The van der Waals surface area contributed by atoms with Gasteiger partial charge in [-0.2, -0.15) is 0 Å². The molecule has 1 aromatic heterocycles. The fraction of sp³-hybridized carbons (Fsp3) is 0.231. The molecule has 4 heteroatoms. The van der Waals surface area contributed by atoms with E-state index in [1.54, 1.807) is 12.4 Å². The maximum atomic E-state index is 6.04. The molecular formula is C13H14ClN3. The molecule has 0 aliphatic carbocycles. The summed E-state index contributed by atoms with van der Waals surface area (Å²) in [6.45, 7) is 4.15. The van der Waals surface area contributed by atoms with Crippen molar-refractivity contribution in [2.24, 2.45) is 0 Å². The van der Waals surface area contributed by atoms with Crippen molar-refractivity contribution in [3.05, 3.63) is 46.9 Å². The van der Waals surface area contributed by atoms with Gasteiger partial charge in [-0.3, -0.25) is 0 Å². The third kappa shape index (κ3) is 2.39. The summed E-state index contributed by atoms with van der Waals surface area (Å²) < 4.78 is 0. The SMILES string of the molecule is Cc1ccc(N(C)c2nccnc2Cl)c(C)c1. The highest BCUT2D eigenvalue weighted by Gasteiger charge is 2.11. The lowest BCUT2D eigenvalue weighted by Gasteiger charge is -2.21. The molecule has 0 bridgehead atoms. The summed E-state index contributed by atoms with van der Waals surface area (Å²) in [5.41, 5.74) is 3.51. The van der Waals surface area contributed by atoms with Crippen LogP contribution in [0.1, 0.15) is 11.1 Å². The molecule has 2 rings (SSSR count). The Labute approximate surface area is 106 Å². The molecule has 0 saturated heterocycles. The van der Waals surface area contributed by atoms with Crippen molar-refractivity contribution in [1.29, 1.82) is 0 Å². The number of benzene rings is 1. The van der Waals surface area contributed by atoms with Gasteiger partial charge in [-0.15, -0.1) is 0 Å². The van der Waals surface area contributed by atoms with Gasteiger partial charge in [-0.25, -0.2) is 9.97 Å². The highest BCUT2D eigenvalue weighted by Crippen LogP contribution is 2.29. The first-order chi connectivity index (χ1) is 8.09. The van der Waals surface area contributed by atoms with Gasteiger partial charge in [0.05, 0.1) is 0 Å². The fourth-order valence-electron chi connectivity index (χ4n) is 1.83. The molecule has 3 nitrogen and oxygen atoms in total. The topological polar surface area (TPSA) is 29.0 Å². The summed E-state index contributed by atoms with van der Waals surface area (Å²) >= 11 is 6.04. The van der Waals surface area contributed by atoms with E-state index in [1.165, 1.54) is 11.1 Å². The highest BCUT2D eigenvalue weighted by atomic mass is 35.5. The van der Waals surface area contributed by atoms with Crippen molar-refractivity contribution in [2.75, 3.05) is 11.9 Å². The Bertz CT molecular complexity index is 540. The molecule has 0 spiro atoms. The van der Waals surface area contributed by atoms with E-state index in [0.29, 0.717) is 11.0 Å². The average Bonchev–Trinajstić information content (AvgIpc) is 2.29. The molecule has 1 aromatic carbocycles.